The van der Waals surface area contributed by atoms with Crippen molar-refractivity contribution >= 4 is 17.9 Å². The van der Waals surface area contributed by atoms with Gasteiger partial charge in [-0.1, -0.05) is 6.07 Å². The van der Waals surface area contributed by atoms with Crippen LogP contribution in [-0.4, -0.2) is 61.1 Å². The highest BCUT2D eigenvalue weighted by Crippen LogP contribution is 2.21. The number of aromatic hydroxyl groups is 1. The Hall–Kier alpha value is -2.73. The topological polar surface area (TPSA) is 215 Å². The number of carboxylic acids is 3. The molecule has 30 heavy (non-hydrogen) atoms. The molecule has 0 aliphatic rings. The van der Waals surface area contributed by atoms with Crippen LogP contribution in [0.5, 0.6) is 5.75 Å². The predicted molar refractivity (Wildman–Crippen MR) is 97.4 cm³/mol. The molecule has 0 saturated carbocycles. The molecule has 1 rings (SSSR count). The Morgan fingerprint density at radius 2 is 1.70 bits per heavy atom. The standard InChI is InChI=1S/C13H21NO3.C6H8O7/c1-13(2,3)14-7-12(17)9-4-5-11(16)10(6-9)8-15;7-3(8)1-6(13,5(11)12)2-4(9)10/h4-6,12,14-17H,7-8H2,1-3H3;13H,1-2H2,(H,7,8)(H,9,10)(H,11,12)/p-1. The van der Waals surface area contributed by atoms with Gasteiger partial charge in [0, 0.05) is 18.0 Å². The zero-order valence-electron chi connectivity index (χ0n) is 17.0. The minimum atomic E-state index is -2.91. The van der Waals surface area contributed by atoms with E-state index in [1.54, 1.807) is 12.1 Å². The molecular weight excluding hydrogens is 402 g/mol. The van der Waals surface area contributed by atoms with Crippen molar-refractivity contribution in [3.8, 4) is 5.75 Å². The highest BCUT2D eigenvalue weighted by molar-refractivity contribution is 5.86. The quantitative estimate of drug-likeness (QED) is 0.226. The maximum Gasteiger partial charge on any atom is 0.306 e. The number of carbonyl (C=O) groups is 3. The van der Waals surface area contributed by atoms with Crippen LogP contribution < -0.4 is 15.5 Å². The van der Waals surface area contributed by atoms with E-state index in [1.165, 1.54) is 6.07 Å². The summed E-state index contributed by atoms with van der Waals surface area (Å²) >= 11 is 0. The Morgan fingerprint density at radius 1 is 1.13 bits per heavy atom. The van der Waals surface area contributed by atoms with E-state index in [9.17, 15) is 34.8 Å². The number of hydrogen-bond acceptors (Lipinski definition) is 9. The molecule has 0 heterocycles. The first-order valence-corrected chi connectivity index (χ1v) is 8.92. The Kier molecular flexibility index (Phi) is 10.4. The first-order valence-electron chi connectivity index (χ1n) is 8.92. The highest BCUT2D eigenvalue weighted by Gasteiger charge is 2.32. The summed E-state index contributed by atoms with van der Waals surface area (Å²) in [4.78, 5) is 30.2. The van der Waals surface area contributed by atoms with Gasteiger partial charge in [0.1, 0.15) is 24.0 Å². The van der Waals surface area contributed by atoms with E-state index >= 15 is 0 Å². The minimum absolute atomic E-state index is 0.0586. The van der Waals surface area contributed by atoms with Gasteiger partial charge in [0.25, 0.3) is 0 Å². The summed E-state index contributed by atoms with van der Waals surface area (Å²) in [6.45, 7) is 6.57. The number of phenols is 1. The molecule has 0 bridgehead atoms. The Bertz CT molecular complexity index is 725. The summed E-state index contributed by atoms with van der Waals surface area (Å²) in [5.41, 5.74) is -1.69. The molecule has 170 valence electrons. The SMILES string of the molecule is CC(C)(C)[NH2+]CC(O)c1ccc(O)c(CO)c1.O=C([O-])CC(O)(CC(=O)O)C(=O)[O-]. The fraction of sp³-hybridized carbons (Fsp3) is 0.526. The zero-order chi connectivity index (χ0) is 23.7. The Morgan fingerprint density at radius 3 is 2.10 bits per heavy atom. The van der Waals surface area contributed by atoms with Gasteiger partial charge in [0.05, 0.1) is 24.5 Å². The monoisotopic (exact) mass is 430 g/mol. The maximum atomic E-state index is 10.2. The third-order valence-electron chi connectivity index (χ3n) is 3.87. The summed E-state index contributed by atoms with van der Waals surface area (Å²) in [6.07, 6.45) is -3.16. The third-order valence-corrected chi connectivity index (χ3v) is 3.87. The molecule has 1 aromatic rings. The molecule has 1 aromatic carbocycles. The van der Waals surface area contributed by atoms with Gasteiger partial charge in [-0.05, 0) is 38.5 Å². The lowest BCUT2D eigenvalue weighted by Gasteiger charge is -2.27. The average molecular weight is 430 g/mol. The zero-order valence-corrected chi connectivity index (χ0v) is 17.0. The minimum Gasteiger partial charge on any atom is -0.550 e. The molecule has 2 unspecified atom stereocenters. The van der Waals surface area contributed by atoms with Crippen LogP contribution in [0.25, 0.3) is 0 Å². The van der Waals surface area contributed by atoms with Crippen LogP contribution in [0.3, 0.4) is 0 Å². The lowest BCUT2D eigenvalue weighted by Crippen LogP contribution is -2.95. The Labute approximate surface area is 173 Å². The van der Waals surface area contributed by atoms with Crippen LogP contribution >= 0.6 is 0 Å². The van der Waals surface area contributed by atoms with Gasteiger partial charge < -0.3 is 50.7 Å². The maximum absolute atomic E-state index is 10.2. The van der Waals surface area contributed by atoms with E-state index in [-0.39, 0.29) is 17.9 Å². The van der Waals surface area contributed by atoms with Crippen molar-refractivity contribution < 1.29 is 55.4 Å². The van der Waals surface area contributed by atoms with E-state index in [1.807, 2.05) is 0 Å². The largest absolute Gasteiger partial charge is 0.550 e. The first kappa shape index (κ1) is 27.3. The smallest absolute Gasteiger partial charge is 0.306 e. The number of rotatable bonds is 9. The van der Waals surface area contributed by atoms with E-state index < -0.39 is 42.5 Å². The van der Waals surface area contributed by atoms with Gasteiger partial charge >= 0.3 is 5.97 Å². The number of quaternary nitrogens is 1. The van der Waals surface area contributed by atoms with Crippen molar-refractivity contribution in [1.82, 2.24) is 0 Å². The molecule has 0 aliphatic carbocycles. The average Bonchev–Trinajstić information content (AvgIpc) is 2.58. The molecule has 0 amide bonds. The first-order chi connectivity index (χ1) is 13.6. The summed E-state index contributed by atoms with van der Waals surface area (Å²) in [5.74, 6) is -5.61. The lowest BCUT2D eigenvalue weighted by atomic mass is 9.96. The second-order valence-electron chi connectivity index (χ2n) is 7.81. The van der Waals surface area contributed by atoms with Crippen LogP contribution in [0.4, 0.5) is 0 Å². The molecule has 2 atom stereocenters. The van der Waals surface area contributed by atoms with E-state index in [0.717, 1.165) is 0 Å². The fourth-order valence-corrected chi connectivity index (χ4v) is 2.24. The van der Waals surface area contributed by atoms with E-state index in [2.05, 4.69) is 26.1 Å². The van der Waals surface area contributed by atoms with Gasteiger partial charge in [0.2, 0.25) is 0 Å². The summed E-state index contributed by atoms with van der Waals surface area (Å²) in [5, 5.41) is 67.8. The Balaban J connectivity index is 0.000000584. The lowest BCUT2D eigenvalue weighted by molar-refractivity contribution is -0.722. The number of carbonyl (C=O) groups excluding carboxylic acids is 2. The van der Waals surface area contributed by atoms with Crippen molar-refractivity contribution in [3.05, 3.63) is 29.3 Å². The highest BCUT2D eigenvalue weighted by atomic mass is 16.4. The normalized spacial score (nSPS) is 14.1. The predicted octanol–water partition coefficient (Wildman–Crippen LogP) is -3.64. The molecule has 0 saturated heterocycles. The van der Waals surface area contributed by atoms with Crippen LogP contribution in [0, 0.1) is 0 Å². The van der Waals surface area contributed by atoms with Crippen molar-refractivity contribution in [2.24, 2.45) is 0 Å². The number of hydrogen-bond donors (Lipinski definition) is 6. The van der Waals surface area contributed by atoms with Crippen LogP contribution in [-0.2, 0) is 21.0 Å². The van der Waals surface area contributed by atoms with Crippen LogP contribution in [0.1, 0.15) is 50.8 Å². The van der Waals surface area contributed by atoms with E-state index in [0.29, 0.717) is 17.7 Å². The number of aliphatic carboxylic acids is 3. The number of nitrogens with two attached hydrogens (primary N) is 1. The van der Waals surface area contributed by atoms with Gasteiger partial charge in [-0.3, -0.25) is 4.79 Å². The summed E-state index contributed by atoms with van der Waals surface area (Å²) in [6, 6.07) is 4.81. The van der Waals surface area contributed by atoms with Gasteiger partial charge in [-0.25, -0.2) is 0 Å². The molecule has 0 radical (unpaired) electrons. The van der Waals surface area contributed by atoms with Crippen molar-refractivity contribution in [3.63, 3.8) is 0 Å². The molecule has 7 N–H and O–H groups in total. The van der Waals surface area contributed by atoms with Gasteiger partial charge in [0.15, 0.2) is 0 Å². The van der Waals surface area contributed by atoms with Gasteiger partial charge in [-0.15, -0.1) is 0 Å². The molecule has 0 aromatic heterocycles. The number of aliphatic hydroxyl groups excluding tert-OH is 2. The molecule has 11 nitrogen and oxygen atoms in total. The van der Waals surface area contributed by atoms with Crippen molar-refractivity contribution in [1.29, 1.82) is 0 Å². The second kappa shape index (κ2) is 11.5. The second-order valence-corrected chi connectivity index (χ2v) is 7.81. The fourth-order valence-electron chi connectivity index (χ4n) is 2.24. The molecule has 0 spiro atoms. The summed E-state index contributed by atoms with van der Waals surface area (Å²) in [7, 11) is 0. The van der Waals surface area contributed by atoms with E-state index in [4.69, 9.17) is 15.3 Å². The van der Waals surface area contributed by atoms with Gasteiger partial charge in [-0.2, -0.15) is 0 Å². The van der Waals surface area contributed by atoms with Crippen molar-refractivity contribution in [2.75, 3.05) is 6.54 Å². The number of carboxylic acid groups (broad SMARTS) is 3. The number of aliphatic hydroxyl groups is 3. The number of benzene rings is 1. The van der Waals surface area contributed by atoms with Crippen LogP contribution in [0.15, 0.2) is 18.2 Å². The molecular formula is C19H28NO10-. The van der Waals surface area contributed by atoms with Crippen molar-refractivity contribution in [2.45, 2.75) is 57.5 Å². The summed E-state index contributed by atoms with van der Waals surface area (Å²) < 4.78 is 0. The molecule has 0 fully saturated rings. The van der Waals surface area contributed by atoms with Crippen LogP contribution in [0.2, 0.25) is 0 Å². The third kappa shape index (κ3) is 10.2. The molecule has 11 heteroatoms. The molecule has 0 aliphatic heterocycles.